The van der Waals surface area contributed by atoms with Crippen molar-refractivity contribution in [2.45, 2.75) is 37.4 Å². The van der Waals surface area contributed by atoms with Crippen molar-refractivity contribution in [2.24, 2.45) is 11.7 Å². The van der Waals surface area contributed by atoms with Crippen molar-refractivity contribution in [3.8, 4) is 0 Å². The SMILES string of the molecule is CSc1ccc(CNC(=O)NCc2cccc(CN3CCCC(C(N)=O)C3)c2)cc1. The third kappa shape index (κ3) is 6.78. The molecule has 1 aliphatic rings. The monoisotopic (exact) mass is 426 g/mol. The van der Waals surface area contributed by atoms with E-state index in [-0.39, 0.29) is 17.9 Å². The molecule has 0 saturated carbocycles. The minimum absolute atomic E-state index is 0.0516. The number of urea groups is 1. The summed E-state index contributed by atoms with van der Waals surface area (Å²) in [5.74, 6) is -0.256. The Morgan fingerprint density at radius 1 is 1.07 bits per heavy atom. The largest absolute Gasteiger partial charge is 0.369 e. The number of carbonyl (C=O) groups excluding carboxylic acids is 2. The molecule has 0 aliphatic carbocycles. The van der Waals surface area contributed by atoms with E-state index in [9.17, 15) is 9.59 Å². The third-order valence-electron chi connectivity index (χ3n) is 5.37. The second-order valence-electron chi connectivity index (χ2n) is 7.68. The molecule has 0 aromatic heterocycles. The highest BCUT2D eigenvalue weighted by molar-refractivity contribution is 7.98. The van der Waals surface area contributed by atoms with Crippen LogP contribution in [0.3, 0.4) is 0 Å². The Morgan fingerprint density at radius 2 is 1.77 bits per heavy atom. The highest BCUT2D eigenvalue weighted by atomic mass is 32.2. The van der Waals surface area contributed by atoms with Gasteiger partial charge < -0.3 is 16.4 Å². The summed E-state index contributed by atoms with van der Waals surface area (Å²) in [5.41, 5.74) is 8.77. The smallest absolute Gasteiger partial charge is 0.315 e. The molecular weight excluding hydrogens is 396 g/mol. The lowest BCUT2D eigenvalue weighted by Gasteiger charge is -2.31. The van der Waals surface area contributed by atoms with Crippen LogP contribution in [0.5, 0.6) is 0 Å². The number of likely N-dealkylation sites (tertiary alicyclic amines) is 1. The first kappa shape index (κ1) is 22.2. The topological polar surface area (TPSA) is 87.5 Å². The van der Waals surface area contributed by atoms with E-state index < -0.39 is 0 Å². The second-order valence-corrected chi connectivity index (χ2v) is 8.56. The molecule has 1 heterocycles. The molecule has 3 rings (SSSR count). The summed E-state index contributed by atoms with van der Waals surface area (Å²) in [6, 6.07) is 16.2. The number of nitrogens with two attached hydrogens (primary N) is 1. The summed E-state index contributed by atoms with van der Waals surface area (Å²) in [7, 11) is 0. The molecule has 2 aromatic rings. The predicted octanol–water partition coefficient (Wildman–Crippen LogP) is 3.11. The molecule has 6 nitrogen and oxygen atoms in total. The maximum Gasteiger partial charge on any atom is 0.315 e. The molecule has 1 unspecified atom stereocenters. The summed E-state index contributed by atoms with van der Waals surface area (Å²) in [5, 5.41) is 5.81. The maximum atomic E-state index is 12.1. The van der Waals surface area contributed by atoms with Crippen molar-refractivity contribution < 1.29 is 9.59 Å². The zero-order valence-electron chi connectivity index (χ0n) is 17.4. The highest BCUT2D eigenvalue weighted by Crippen LogP contribution is 2.19. The molecule has 4 N–H and O–H groups in total. The van der Waals surface area contributed by atoms with E-state index in [1.54, 1.807) is 11.8 Å². The number of nitrogens with one attached hydrogen (secondary N) is 2. The number of primary amides is 1. The normalized spacial score (nSPS) is 16.8. The van der Waals surface area contributed by atoms with E-state index >= 15 is 0 Å². The fourth-order valence-electron chi connectivity index (χ4n) is 3.70. The summed E-state index contributed by atoms with van der Waals surface area (Å²) < 4.78 is 0. The van der Waals surface area contributed by atoms with Gasteiger partial charge in [0.25, 0.3) is 0 Å². The first-order valence-electron chi connectivity index (χ1n) is 10.3. The lowest BCUT2D eigenvalue weighted by Crippen LogP contribution is -2.40. The van der Waals surface area contributed by atoms with Crippen LogP contribution in [-0.4, -0.2) is 36.2 Å². The van der Waals surface area contributed by atoms with Gasteiger partial charge in [-0.15, -0.1) is 11.8 Å². The molecule has 0 radical (unpaired) electrons. The Hall–Kier alpha value is -2.51. The second kappa shape index (κ2) is 11.0. The van der Waals surface area contributed by atoms with Gasteiger partial charge in [0.05, 0.1) is 5.92 Å². The van der Waals surface area contributed by atoms with Gasteiger partial charge in [0.2, 0.25) is 5.91 Å². The molecule has 1 saturated heterocycles. The highest BCUT2D eigenvalue weighted by Gasteiger charge is 2.23. The number of nitrogens with zero attached hydrogens (tertiary/aromatic N) is 1. The van der Waals surface area contributed by atoms with Gasteiger partial charge in [-0.1, -0.05) is 36.4 Å². The minimum Gasteiger partial charge on any atom is -0.369 e. The molecule has 30 heavy (non-hydrogen) atoms. The molecule has 7 heteroatoms. The predicted molar refractivity (Wildman–Crippen MR) is 121 cm³/mol. The Labute approximate surface area is 182 Å². The molecule has 0 spiro atoms. The molecule has 2 aromatic carbocycles. The van der Waals surface area contributed by atoms with Crippen molar-refractivity contribution in [1.82, 2.24) is 15.5 Å². The summed E-state index contributed by atoms with van der Waals surface area (Å²) >= 11 is 1.70. The van der Waals surface area contributed by atoms with E-state index in [0.29, 0.717) is 13.1 Å². The van der Waals surface area contributed by atoms with Crippen LogP contribution in [0.25, 0.3) is 0 Å². The van der Waals surface area contributed by atoms with Gasteiger partial charge in [0.15, 0.2) is 0 Å². The van der Waals surface area contributed by atoms with Crippen LogP contribution < -0.4 is 16.4 Å². The fourth-order valence-corrected chi connectivity index (χ4v) is 4.11. The molecule has 3 amide bonds. The molecule has 0 bridgehead atoms. The number of piperidine rings is 1. The van der Waals surface area contributed by atoms with E-state index in [4.69, 9.17) is 5.73 Å². The number of amides is 3. The van der Waals surface area contributed by atoms with Crippen LogP contribution in [0.2, 0.25) is 0 Å². The van der Waals surface area contributed by atoms with Gasteiger partial charge in [-0.05, 0) is 54.5 Å². The first-order valence-corrected chi connectivity index (χ1v) is 11.5. The molecule has 1 fully saturated rings. The quantitative estimate of drug-likeness (QED) is 0.566. The summed E-state index contributed by atoms with van der Waals surface area (Å²) in [4.78, 5) is 27.1. The van der Waals surface area contributed by atoms with Crippen LogP contribution in [0.4, 0.5) is 4.79 Å². The van der Waals surface area contributed by atoms with E-state index in [0.717, 1.165) is 43.6 Å². The average Bonchev–Trinajstić information content (AvgIpc) is 2.77. The van der Waals surface area contributed by atoms with Crippen molar-refractivity contribution in [3.63, 3.8) is 0 Å². The Morgan fingerprint density at radius 3 is 2.47 bits per heavy atom. The standard InChI is InChI=1S/C23H30N4O2S/c1-30-21-9-7-17(8-10-21)13-25-23(29)26-14-18-4-2-5-19(12-18)15-27-11-3-6-20(16-27)22(24)28/h2,4-5,7-10,12,20H,3,6,11,13-16H2,1H3,(H2,24,28)(H2,25,26,29). The minimum atomic E-state index is -0.205. The molecular formula is C23H30N4O2S. The lowest BCUT2D eigenvalue weighted by molar-refractivity contribution is -0.123. The van der Waals surface area contributed by atoms with Gasteiger partial charge in [0.1, 0.15) is 0 Å². The molecule has 1 aliphatic heterocycles. The zero-order chi connectivity index (χ0) is 21.3. The number of benzene rings is 2. The Balaban J connectivity index is 1.45. The van der Waals surface area contributed by atoms with Crippen molar-refractivity contribution >= 4 is 23.7 Å². The number of rotatable bonds is 8. The molecule has 1 atom stereocenters. The van der Waals surface area contributed by atoms with Crippen molar-refractivity contribution in [3.05, 3.63) is 65.2 Å². The average molecular weight is 427 g/mol. The first-order chi connectivity index (χ1) is 14.5. The van der Waals surface area contributed by atoms with Crippen LogP contribution in [0.1, 0.15) is 29.5 Å². The number of hydrogen-bond acceptors (Lipinski definition) is 4. The van der Waals surface area contributed by atoms with Crippen LogP contribution in [0, 0.1) is 5.92 Å². The maximum absolute atomic E-state index is 12.1. The number of carbonyl (C=O) groups is 2. The summed E-state index contributed by atoms with van der Waals surface area (Å²) in [6.45, 7) is 3.45. The van der Waals surface area contributed by atoms with Crippen molar-refractivity contribution in [1.29, 1.82) is 0 Å². The van der Waals surface area contributed by atoms with E-state index in [1.165, 1.54) is 10.5 Å². The lowest BCUT2D eigenvalue weighted by atomic mass is 9.97. The Bertz CT molecular complexity index is 857. The van der Waals surface area contributed by atoms with Gasteiger partial charge in [-0.25, -0.2) is 4.79 Å². The summed E-state index contributed by atoms with van der Waals surface area (Å²) in [6.07, 6.45) is 3.92. The van der Waals surface area contributed by atoms with Crippen LogP contribution in [-0.2, 0) is 24.4 Å². The van der Waals surface area contributed by atoms with Gasteiger partial charge in [0, 0.05) is 31.1 Å². The van der Waals surface area contributed by atoms with Gasteiger partial charge in [-0.2, -0.15) is 0 Å². The third-order valence-corrected chi connectivity index (χ3v) is 6.11. The number of hydrogen-bond donors (Lipinski definition) is 3. The van der Waals surface area contributed by atoms with Crippen LogP contribution in [0.15, 0.2) is 53.4 Å². The fraction of sp³-hybridized carbons (Fsp3) is 0.391. The molecule has 160 valence electrons. The van der Waals surface area contributed by atoms with Gasteiger partial charge >= 0.3 is 6.03 Å². The number of thioether (sulfide) groups is 1. The van der Waals surface area contributed by atoms with Crippen LogP contribution >= 0.6 is 11.8 Å². The van der Waals surface area contributed by atoms with Crippen molar-refractivity contribution in [2.75, 3.05) is 19.3 Å². The van der Waals surface area contributed by atoms with E-state index in [1.807, 2.05) is 30.5 Å². The Kier molecular flexibility index (Phi) is 8.16. The zero-order valence-corrected chi connectivity index (χ0v) is 18.2. The van der Waals surface area contributed by atoms with E-state index in [2.05, 4.69) is 39.8 Å². The van der Waals surface area contributed by atoms with Gasteiger partial charge in [-0.3, -0.25) is 9.69 Å².